The molecule has 0 bridgehead atoms. The molecule has 0 fully saturated rings. The Hall–Kier alpha value is -2.41. The number of methoxy groups -OCH3 is 1. The molecule has 106 valence electrons. The number of rotatable bonds is 6. The SMILES string of the molecule is COCCNc1ccnc(C(=O)Nc2cc(C)on2)c1. The van der Waals surface area contributed by atoms with Gasteiger partial charge in [-0.15, -0.1) is 0 Å². The van der Waals surface area contributed by atoms with E-state index in [2.05, 4.69) is 20.8 Å². The van der Waals surface area contributed by atoms with Crippen molar-refractivity contribution in [3.8, 4) is 0 Å². The summed E-state index contributed by atoms with van der Waals surface area (Å²) in [6.07, 6.45) is 1.57. The maximum absolute atomic E-state index is 12.0. The molecule has 7 nitrogen and oxygen atoms in total. The second kappa shape index (κ2) is 6.67. The van der Waals surface area contributed by atoms with Crippen molar-refractivity contribution in [1.82, 2.24) is 10.1 Å². The van der Waals surface area contributed by atoms with E-state index in [1.165, 1.54) is 0 Å². The van der Waals surface area contributed by atoms with Crippen LogP contribution in [-0.4, -0.2) is 36.3 Å². The molecular weight excluding hydrogens is 260 g/mol. The minimum atomic E-state index is -0.339. The Morgan fingerprint density at radius 2 is 2.30 bits per heavy atom. The number of ether oxygens (including phenoxy) is 1. The van der Waals surface area contributed by atoms with Crippen molar-refractivity contribution in [2.75, 3.05) is 30.9 Å². The van der Waals surface area contributed by atoms with Gasteiger partial charge in [-0.3, -0.25) is 9.78 Å². The van der Waals surface area contributed by atoms with Gasteiger partial charge in [-0.25, -0.2) is 0 Å². The molecule has 0 unspecified atom stereocenters. The van der Waals surface area contributed by atoms with Crippen molar-refractivity contribution < 1.29 is 14.1 Å². The van der Waals surface area contributed by atoms with Gasteiger partial charge in [0.15, 0.2) is 5.82 Å². The number of carbonyl (C=O) groups excluding carboxylic acids is 1. The quantitative estimate of drug-likeness (QED) is 0.780. The van der Waals surface area contributed by atoms with Gasteiger partial charge in [-0.2, -0.15) is 0 Å². The molecule has 2 rings (SSSR count). The van der Waals surface area contributed by atoms with Gasteiger partial charge in [0.2, 0.25) is 0 Å². The monoisotopic (exact) mass is 276 g/mol. The summed E-state index contributed by atoms with van der Waals surface area (Å²) in [6.45, 7) is 2.99. The van der Waals surface area contributed by atoms with Gasteiger partial charge < -0.3 is 19.9 Å². The Kier molecular flexibility index (Phi) is 4.67. The van der Waals surface area contributed by atoms with E-state index in [-0.39, 0.29) is 5.91 Å². The number of anilines is 2. The summed E-state index contributed by atoms with van der Waals surface area (Å²) in [5.41, 5.74) is 1.10. The summed E-state index contributed by atoms with van der Waals surface area (Å²) in [5, 5.41) is 9.44. The van der Waals surface area contributed by atoms with Crippen LogP contribution in [0.2, 0.25) is 0 Å². The first-order valence-corrected chi connectivity index (χ1v) is 6.12. The van der Waals surface area contributed by atoms with Crippen molar-refractivity contribution in [1.29, 1.82) is 0 Å². The Labute approximate surface area is 116 Å². The summed E-state index contributed by atoms with van der Waals surface area (Å²) in [4.78, 5) is 16.0. The second-order valence-corrected chi connectivity index (χ2v) is 4.13. The summed E-state index contributed by atoms with van der Waals surface area (Å²) < 4.78 is 9.83. The molecule has 2 heterocycles. The average molecular weight is 276 g/mol. The Morgan fingerprint density at radius 3 is 3.00 bits per heavy atom. The number of aryl methyl sites for hydroxylation is 1. The van der Waals surface area contributed by atoms with Crippen LogP contribution in [0.15, 0.2) is 28.9 Å². The molecule has 0 radical (unpaired) electrons. The van der Waals surface area contributed by atoms with E-state index in [0.717, 1.165) is 5.69 Å². The van der Waals surface area contributed by atoms with Crippen LogP contribution in [0.3, 0.4) is 0 Å². The molecule has 2 aromatic rings. The topological polar surface area (TPSA) is 89.3 Å². The summed E-state index contributed by atoms with van der Waals surface area (Å²) >= 11 is 0. The van der Waals surface area contributed by atoms with Crippen LogP contribution < -0.4 is 10.6 Å². The Balaban J connectivity index is 2.00. The van der Waals surface area contributed by atoms with Crippen molar-refractivity contribution in [2.24, 2.45) is 0 Å². The number of pyridine rings is 1. The molecule has 7 heteroatoms. The van der Waals surface area contributed by atoms with E-state index in [1.54, 1.807) is 38.4 Å². The third-order valence-electron chi connectivity index (χ3n) is 2.50. The first-order valence-electron chi connectivity index (χ1n) is 6.12. The molecule has 1 amide bonds. The van der Waals surface area contributed by atoms with E-state index in [0.29, 0.717) is 30.4 Å². The van der Waals surface area contributed by atoms with Crippen LogP contribution in [0.1, 0.15) is 16.2 Å². The highest BCUT2D eigenvalue weighted by Crippen LogP contribution is 2.11. The van der Waals surface area contributed by atoms with E-state index < -0.39 is 0 Å². The zero-order chi connectivity index (χ0) is 14.4. The van der Waals surface area contributed by atoms with Gasteiger partial charge in [0, 0.05) is 31.6 Å². The van der Waals surface area contributed by atoms with Crippen LogP contribution in [0.5, 0.6) is 0 Å². The molecular formula is C13H16N4O3. The van der Waals surface area contributed by atoms with Gasteiger partial charge in [0.25, 0.3) is 5.91 Å². The van der Waals surface area contributed by atoms with Gasteiger partial charge in [0.1, 0.15) is 11.5 Å². The second-order valence-electron chi connectivity index (χ2n) is 4.13. The lowest BCUT2D eigenvalue weighted by Gasteiger charge is -2.07. The number of nitrogens with zero attached hydrogens (tertiary/aromatic N) is 2. The maximum Gasteiger partial charge on any atom is 0.275 e. The molecule has 0 aliphatic carbocycles. The molecule has 0 saturated carbocycles. The van der Waals surface area contributed by atoms with Crippen molar-refractivity contribution in [3.05, 3.63) is 35.9 Å². The first-order chi connectivity index (χ1) is 9.69. The van der Waals surface area contributed by atoms with E-state index in [9.17, 15) is 4.79 Å². The number of amides is 1. The fraction of sp³-hybridized carbons (Fsp3) is 0.308. The van der Waals surface area contributed by atoms with E-state index >= 15 is 0 Å². The fourth-order valence-electron chi connectivity index (χ4n) is 1.57. The summed E-state index contributed by atoms with van der Waals surface area (Å²) in [6, 6.07) is 5.09. The van der Waals surface area contributed by atoms with Crippen LogP contribution in [0.4, 0.5) is 11.5 Å². The lowest BCUT2D eigenvalue weighted by atomic mass is 10.3. The minimum absolute atomic E-state index is 0.299. The van der Waals surface area contributed by atoms with Gasteiger partial charge in [-0.05, 0) is 19.1 Å². The van der Waals surface area contributed by atoms with Crippen molar-refractivity contribution in [3.63, 3.8) is 0 Å². The predicted octanol–water partition coefficient (Wildman–Crippen LogP) is 1.69. The summed E-state index contributed by atoms with van der Waals surface area (Å²) in [5.74, 6) is 0.656. The van der Waals surface area contributed by atoms with Gasteiger partial charge in [-0.1, -0.05) is 5.16 Å². The molecule has 2 N–H and O–H groups in total. The van der Waals surface area contributed by atoms with Crippen LogP contribution >= 0.6 is 0 Å². The number of carbonyl (C=O) groups is 1. The molecule has 0 aromatic carbocycles. The van der Waals surface area contributed by atoms with Crippen LogP contribution in [-0.2, 0) is 4.74 Å². The number of hydrogen-bond acceptors (Lipinski definition) is 6. The van der Waals surface area contributed by atoms with Gasteiger partial charge >= 0.3 is 0 Å². The minimum Gasteiger partial charge on any atom is -0.383 e. The molecule has 20 heavy (non-hydrogen) atoms. The highest BCUT2D eigenvalue weighted by molar-refractivity contribution is 6.02. The molecule has 0 aliphatic heterocycles. The lowest BCUT2D eigenvalue weighted by Crippen LogP contribution is -2.15. The van der Waals surface area contributed by atoms with Crippen LogP contribution in [0.25, 0.3) is 0 Å². The standard InChI is InChI=1S/C13H16N4O3/c1-9-7-12(17-20-9)16-13(18)11-8-10(3-4-15-11)14-5-6-19-2/h3-4,7-8H,5-6H2,1-2H3,(H,14,15)(H,16,17,18). The largest absolute Gasteiger partial charge is 0.383 e. The highest BCUT2D eigenvalue weighted by atomic mass is 16.5. The highest BCUT2D eigenvalue weighted by Gasteiger charge is 2.10. The van der Waals surface area contributed by atoms with E-state index in [1.807, 2.05) is 0 Å². The zero-order valence-electron chi connectivity index (χ0n) is 11.3. The molecule has 0 spiro atoms. The summed E-state index contributed by atoms with van der Waals surface area (Å²) in [7, 11) is 1.63. The molecule has 2 aromatic heterocycles. The Morgan fingerprint density at radius 1 is 1.45 bits per heavy atom. The number of hydrogen-bond donors (Lipinski definition) is 2. The van der Waals surface area contributed by atoms with Gasteiger partial charge in [0.05, 0.1) is 6.61 Å². The predicted molar refractivity (Wildman–Crippen MR) is 73.8 cm³/mol. The lowest BCUT2D eigenvalue weighted by molar-refractivity contribution is 0.102. The van der Waals surface area contributed by atoms with Crippen LogP contribution in [0, 0.1) is 6.92 Å². The van der Waals surface area contributed by atoms with Crippen molar-refractivity contribution in [2.45, 2.75) is 6.92 Å². The maximum atomic E-state index is 12.0. The number of aromatic nitrogens is 2. The third kappa shape index (κ3) is 3.79. The number of nitrogens with one attached hydrogen (secondary N) is 2. The molecule has 0 atom stereocenters. The normalized spacial score (nSPS) is 10.3. The molecule has 0 aliphatic rings. The first kappa shape index (κ1) is 14.0. The average Bonchev–Trinajstić information content (AvgIpc) is 2.85. The van der Waals surface area contributed by atoms with Crippen molar-refractivity contribution >= 4 is 17.4 Å². The van der Waals surface area contributed by atoms with E-state index in [4.69, 9.17) is 9.26 Å². The third-order valence-corrected chi connectivity index (χ3v) is 2.50. The Bertz CT molecular complexity index is 583. The fourth-order valence-corrected chi connectivity index (χ4v) is 1.57. The zero-order valence-corrected chi connectivity index (χ0v) is 11.3. The molecule has 0 saturated heterocycles. The smallest absolute Gasteiger partial charge is 0.275 e.